The molecule has 86 valence electrons. The number of carbonyl (C=O) groups excluding carboxylic acids is 2. The van der Waals surface area contributed by atoms with E-state index >= 15 is 0 Å². The molecule has 17 heavy (non-hydrogen) atoms. The van der Waals surface area contributed by atoms with Crippen molar-refractivity contribution in [2.45, 2.75) is 0 Å². The number of carbonyl (C=O) groups is 3. The highest BCUT2D eigenvalue weighted by atomic mass is 16.7. The van der Waals surface area contributed by atoms with E-state index in [9.17, 15) is 14.4 Å². The fourth-order valence-electron chi connectivity index (χ4n) is 1.40. The maximum absolute atomic E-state index is 11.7. The maximum atomic E-state index is 11.7. The van der Waals surface area contributed by atoms with Crippen LogP contribution in [0.2, 0.25) is 0 Å². The van der Waals surface area contributed by atoms with Gasteiger partial charge in [-0.3, -0.25) is 9.59 Å². The molecule has 1 heterocycles. The van der Waals surface area contributed by atoms with Gasteiger partial charge in [0.15, 0.2) is 0 Å². The van der Waals surface area contributed by atoms with Crippen LogP contribution in [-0.2, 0) is 9.63 Å². The van der Waals surface area contributed by atoms with Gasteiger partial charge >= 0.3 is 5.97 Å². The summed E-state index contributed by atoms with van der Waals surface area (Å²) in [4.78, 5) is 38.5. The van der Waals surface area contributed by atoms with Crippen LogP contribution in [0, 0.1) is 0 Å². The van der Waals surface area contributed by atoms with Gasteiger partial charge in [0.05, 0.1) is 11.1 Å². The van der Waals surface area contributed by atoms with Crippen molar-refractivity contribution in [3.8, 4) is 0 Å². The Morgan fingerprint density at radius 1 is 1.18 bits per heavy atom. The number of fused-ring (bicyclic) bond motifs is 1. The van der Waals surface area contributed by atoms with Crippen LogP contribution in [0.4, 0.5) is 0 Å². The lowest BCUT2D eigenvalue weighted by atomic mass is 10.1. The molecule has 0 spiro atoms. The normalized spacial score (nSPS) is 13.5. The molecule has 1 aromatic carbocycles. The van der Waals surface area contributed by atoms with Crippen LogP contribution in [-0.4, -0.2) is 28.0 Å². The van der Waals surface area contributed by atoms with Crippen LogP contribution in [0.25, 0.3) is 0 Å². The minimum atomic E-state index is -1.44. The molecular weight excluding hydrogens is 226 g/mol. The van der Waals surface area contributed by atoms with Crippen molar-refractivity contribution in [2.75, 3.05) is 0 Å². The number of carboxylic acids is 1. The lowest BCUT2D eigenvalue weighted by Crippen LogP contribution is -2.30. The van der Waals surface area contributed by atoms with E-state index in [0.717, 1.165) is 0 Å². The molecule has 2 amide bonds. The first-order chi connectivity index (χ1) is 8.02. The van der Waals surface area contributed by atoms with Crippen LogP contribution >= 0.6 is 0 Å². The number of amides is 2. The molecule has 2 rings (SSSR count). The Hall–Kier alpha value is -2.63. The van der Waals surface area contributed by atoms with Gasteiger partial charge in [-0.1, -0.05) is 17.2 Å². The fraction of sp³-hybridized carbons (Fsp3) is 0. The smallest absolute Gasteiger partial charge is 0.373 e. The zero-order valence-corrected chi connectivity index (χ0v) is 8.54. The summed E-state index contributed by atoms with van der Waals surface area (Å²) in [5.74, 6) is -3.54. The van der Waals surface area contributed by atoms with Crippen molar-refractivity contribution in [3.63, 3.8) is 0 Å². The average molecular weight is 233 g/mol. The van der Waals surface area contributed by atoms with Gasteiger partial charge in [0.1, 0.15) is 0 Å². The summed E-state index contributed by atoms with van der Waals surface area (Å²) in [6.07, 6.45) is 0. The molecule has 0 aliphatic carbocycles. The predicted molar refractivity (Wildman–Crippen MR) is 54.8 cm³/mol. The SMILES string of the molecule is C=C(ON1C(=O)c2ccccc2C1=O)C(=O)O. The monoisotopic (exact) mass is 233 g/mol. The van der Waals surface area contributed by atoms with E-state index in [4.69, 9.17) is 5.11 Å². The van der Waals surface area contributed by atoms with Gasteiger partial charge in [-0.15, -0.1) is 0 Å². The van der Waals surface area contributed by atoms with E-state index in [-0.39, 0.29) is 11.1 Å². The van der Waals surface area contributed by atoms with Crippen molar-refractivity contribution in [3.05, 3.63) is 47.7 Å². The highest BCUT2D eigenvalue weighted by molar-refractivity contribution is 6.20. The summed E-state index contributed by atoms with van der Waals surface area (Å²) in [6.45, 7) is 3.08. The Morgan fingerprint density at radius 3 is 2.06 bits per heavy atom. The van der Waals surface area contributed by atoms with Crippen LogP contribution in [0.15, 0.2) is 36.6 Å². The minimum Gasteiger partial charge on any atom is -0.475 e. The molecule has 1 aliphatic rings. The van der Waals surface area contributed by atoms with Gasteiger partial charge in [0, 0.05) is 0 Å². The fourth-order valence-corrected chi connectivity index (χ4v) is 1.40. The molecule has 6 heteroatoms. The van der Waals surface area contributed by atoms with Gasteiger partial charge in [0.25, 0.3) is 11.8 Å². The molecule has 0 atom stereocenters. The van der Waals surface area contributed by atoms with E-state index < -0.39 is 23.5 Å². The average Bonchev–Trinajstić information content (AvgIpc) is 2.55. The highest BCUT2D eigenvalue weighted by Crippen LogP contribution is 2.23. The van der Waals surface area contributed by atoms with Gasteiger partial charge in [-0.05, 0) is 18.7 Å². The van der Waals surface area contributed by atoms with Crippen molar-refractivity contribution in [1.29, 1.82) is 0 Å². The number of benzene rings is 1. The lowest BCUT2D eigenvalue weighted by molar-refractivity contribution is -0.142. The largest absolute Gasteiger partial charge is 0.475 e. The second-order valence-corrected chi connectivity index (χ2v) is 3.27. The number of hydrogen-bond donors (Lipinski definition) is 1. The zero-order valence-electron chi connectivity index (χ0n) is 8.54. The van der Waals surface area contributed by atoms with Gasteiger partial charge in [-0.2, -0.15) is 0 Å². The molecule has 0 bridgehead atoms. The first-order valence-corrected chi connectivity index (χ1v) is 4.60. The minimum absolute atomic E-state index is 0.177. The topological polar surface area (TPSA) is 83.9 Å². The molecule has 0 radical (unpaired) electrons. The van der Waals surface area contributed by atoms with E-state index in [1.165, 1.54) is 12.1 Å². The molecule has 6 nitrogen and oxygen atoms in total. The Kier molecular flexibility index (Phi) is 2.40. The molecule has 1 N–H and O–H groups in total. The van der Waals surface area contributed by atoms with E-state index in [1.54, 1.807) is 12.1 Å². The summed E-state index contributed by atoms with van der Waals surface area (Å²) in [7, 11) is 0. The summed E-state index contributed by atoms with van der Waals surface area (Å²) in [6, 6.07) is 6.12. The Balaban J connectivity index is 2.31. The molecule has 0 fully saturated rings. The van der Waals surface area contributed by atoms with Gasteiger partial charge in [-0.25, -0.2) is 4.79 Å². The summed E-state index contributed by atoms with van der Waals surface area (Å²) >= 11 is 0. The highest BCUT2D eigenvalue weighted by Gasteiger charge is 2.38. The van der Waals surface area contributed by atoms with E-state index in [1.807, 2.05) is 0 Å². The molecule has 0 aromatic heterocycles. The molecule has 0 unspecified atom stereocenters. The summed E-state index contributed by atoms with van der Waals surface area (Å²) in [5.41, 5.74) is 0.353. The molecule has 1 aromatic rings. The number of nitrogens with zero attached hydrogens (tertiary/aromatic N) is 1. The molecule has 1 aliphatic heterocycles. The third-order valence-corrected chi connectivity index (χ3v) is 2.20. The molecule has 0 saturated carbocycles. The van der Waals surface area contributed by atoms with Crippen molar-refractivity contribution in [2.24, 2.45) is 0 Å². The zero-order chi connectivity index (χ0) is 12.6. The van der Waals surface area contributed by atoms with Crippen LogP contribution in [0.5, 0.6) is 0 Å². The van der Waals surface area contributed by atoms with E-state index in [0.29, 0.717) is 5.06 Å². The Bertz CT molecular complexity index is 514. The van der Waals surface area contributed by atoms with Crippen molar-refractivity contribution < 1.29 is 24.3 Å². The Morgan fingerprint density at radius 2 is 1.65 bits per heavy atom. The number of hydrogen-bond acceptors (Lipinski definition) is 4. The van der Waals surface area contributed by atoms with Gasteiger partial charge < -0.3 is 9.94 Å². The second kappa shape index (κ2) is 3.75. The van der Waals surface area contributed by atoms with Crippen molar-refractivity contribution in [1.82, 2.24) is 5.06 Å². The summed E-state index contributed by atoms with van der Waals surface area (Å²) in [5, 5.41) is 8.95. The van der Waals surface area contributed by atoms with Gasteiger partial charge in [0.2, 0.25) is 5.76 Å². The number of hydroxylamine groups is 2. The lowest BCUT2D eigenvalue weighted by Gasteiger charge is -2.13. The standard InChI is InChI=1S/C11H7NO5/c1-6(11(15)16)17-12-9(13)7-4-2-3-5-8(7)10(12)14/h2-5H,1H2,(H,15,16). The molecule has 0 saturated heterocycles. The number of carboxylic acid groups (broad SMARTS) is 1. The van der Waals surface area contributed by atoms with Crippen molar-refractivity contribution >= 4 is 17.8 Å². The first-order valence-electron chi connectivity index (χ1n) is 4.60. The quantitative estimate of drug-likeness (QED) is 0.474. The summed E-state index contributed by atoms with van der Waals surface area (Å²) < 4.78 is 0. The third kappa shape index (κ3) is 1.65. The number of aliphatic carboxylic acids is 1. The van der Waals surface area contributed by atoms with E-state index in [2.05, 4.69) is 11.4 Å². The number of imide groups is 1. The van der Waals surface area contributed by atoms with Crippen LogP contribution in [0.1, 0.15) is 20.7 Å². The first kappa shape index (κ1) is 10.9. The molecular formula is C11H7NO5. The van der Waals surface area contributed by atoms with Crippen LogP contribution < -0.4 is 0 Å². The predicted octanol–water partition coefficient (Wildman–Crippen LogP) is 0.812. The maximum Gasteiger partial charge on any atom is 0.373 e. The van der Waals surface area contributed by atoms with Crippen LogP contribution in [0.3, 0.4) is 0 Å². The third-order valence-electron chi connectivity index (χ3n) is 2.20. The number of rotatable bonds is 3. The Labute approximate surface area is 95.7 Å². The second-order valence-electron chi connectivity index (χ2n) is 3.27.